The molecule has 0 radical (unpaired) electrons. The predicted octanol–water partition coefficient (Wildman–Crippen LogP) is 1.03. The normalized spacial score (nSPS) is 12.2. The minimum absolute atomic E-state index is 0.113. The summed E-state index contributed by atoms with van der Waals surface area (Å²) in [7, 11) is 0. The van der Waals surface area contributed by atoms with E-state index in [4.69, 9.17) is 15.5 Å². The van der Waals surface area contributed by atoms with Crippen molar-refractivity contribution >= 4 is 11.9 Å². The lowest BCUT2D eigenvalue weighted by Crippen LogP contribution is -2.01. The standard InChI is InChI=1S/C8H8N2O3/c11-7-3-1-6(2-4-7)8(10-13)5-9-12/h1-5,11-13H/b9-5+,10-8+. The van der Waals surface area contributed by atoms with Gasteiger partial charge in [-0.1, -0.05) is 10.3 Å². The molecule has 5 heteroatoms. The molecule has 0 spiro atoms. The van der Waals surface area contributed by atoms with Gasteiger partial charge in [0.1, 0.15) is 11.5 Å². The molecular formula is C8H8N2O3. The first kappa shape index (κ1) is 9.05. The van der Waals surface area contributed by atoms with E-state index in [2.05, 4.69) is 10.3 Å². The monoisotopic (exact) mass is 180 g/mol. The summed E-state index contributed by atoms with van der Waals surface area (Å²) in [5.41, 5.74) is 0.653. The summed E-state index contributed by atoms with van der Waals surface area (Å²) in [6.07, 6.45) is 0.992. The molecule has 1 rings (SSSR count). The van der Waals surface area contributed by atoms with Crippen LogP contribution in [0, 0.1) is 0 Å². The molecule has 0 atom stereocenters. The third-order valence-corrected chi connectivity index (χ3v) is 1.45. The van der Waals surface area contributed by atoms with Crippen molar-refractivity contribution in [3.8, 4) is 5.75 Å². The van der Waals surface area contributed by atoms with Crippen molar-refractivity contribution in [1.29, 1.82) is 0 Å². The van der Waals surface area contributed by atoms with E-state index < -0.39 is 0 Å². The van der Waals surface area contributed by atoms with Crippen molar-refractivity contribution in [3.63, 3.8) is 0 Å². The topological polar surface area (TPSA) is 85.4 Å². The first-order chi connectivity index (χ1) is 6.27. The van der Waals surface area contributed by atoms with Gasteiger partial charge in [0.25, 0.3) is 0 Å². The zero-order valence-corrected chi connectivity index (χ0v) is 6.62. The average molecular weight is 180 g/mol. The van der Waals surface area contributed by atoms with Crippen molar-refractivity contribution in [2.75, 3.05) is 0 Å². The third-order valence-electron chi connectivity index (χ3n) is 1.45. The van der Waals surface area contributed by atoms with Gasteiger partial charge in [-0.25, -0.2) is 0 Å². The Hall–Kier alpha value is -2.04. The van der Waals surface area contributed by atoms with Crippen LogP contribution in [0.1, 0.15) is 5.56 Å². The van der Waals surface area contributed by atoms with Crippen molar-refractivity contribution in [3.05, 3.63) is 29.8 Å². The van der Waals surface area contributed by atoms with Gasteiger partial charge < -0.3 is 15.5 Å². The molecule has 0 bridgehead atoms. The second kappa shape index (κ2) is 4.10. The average Bonchev–Trinajstić information content (AvgIpc) is 2.16. The summed E-state index contributed by atoms with van der Waals surface area (Å²) in [6, 6.07) is 5.94. The molecule has 0 heterocycles. The fourth-order valence-electron chi connectivity index (χ4n) is 0.845. The Bertz CT molecular complexity index is 330. The Labute approximate surface area is 74.2 Å². The van der Waals surface area contributed by atoms with E-state index in [0.29, 0.717) is 5.56 Å². The van der Waals surface area contributed by atoms with Crippen LogP contribution in [-0.4, -0.2) is 27.4 Å². The highest BCUT2D eigenvalue weighted by atomic mass is 16.4. The lowest BCUT2D eigenvalue weighted by Gasteiger charge is -1.97. The zero-order valence-electron chi connectivity index (χ0n) is 6.62. The van der Waals surface area contributed by atoms with E-state index in [1.807, 2.05) is 0 Å². The van der Waals surface area contributed by atoms with E-state index >= 15 is 0 Å². The molecule has 0 saturated carbocycles. The number of nitrogens with zero attached hydrogens (tertiary/aromatic N) is 2. The van der Waals surface area contributed by atoms with Crippen LogP contribution in [-0.2, 0) is 0 Å². The van der Waals surface area contributed by atoms with Gasteiger partial charge >= 0.3 is 0 Å². The van der Waals surface area contributed by atoms with Crippen LogP contribution < -0.4 is 0 Å². The zero-order chi connectivity index (χ0) is 9.68. The van der Waals surface area contributed by atoms with Crippen LogP contribution in [0.15, 0.2) is 34.6 Å². The van der Waals surface area contributed by atoms with Crippen LogP contribution in [0.25, 0.3) is 0 Å². The highest BCUT2D eigenvalue weighted by Crippen LogP contribution is 2.09. The number of hydrogen-bond acceptors (Lipinski definition) is 5. The largest absolute Gasteiger partial charge is 0.508 e. The Morgan fingerprint density at radius 3 is 2.23 bits per heavy atom. The minimum Gasteiger partial charge on any atom is -0.508 e. The van der Waals surface area contributed by atoms with Gasteiger partial charge in [0, 0.05) is 5.56 Å². The molecule has 0 aliphatic rings. The van der Waals surface area contributed by atoms with E-state index in [1.54, 1.807) is 0 Å². The SMILES string of the molecule is O/N=C(\C=N\O)c1ccc(O)cc1. The van der Waals surface area contributed by atoms with Gasteiger partial charge in [0.05, 0.1) is 6.21 Å². The Balaban J connectivity index is 3.00. The number of hydrogen-bond donors (Lipinski definition) is 3. The van der Waals surface area contributed by atoms with Crippen molar-refractivity contribution in [2.45, 2.75) is 0 Å². The van der Waals surface area contributed by atoms with E-state index in [-0.39, 0.29) is 11.5 Å². The molecule has 0 aliphatic heterocycles. The molecule has 3 N–H and O–H groups in total. The van der Waals surface area contributed by atoms with Gasteiger partial charge in [-0.05, 0) is 24.3 Å². The summed E-state index contributed by atoms with van der Waals surface area (Å²) < 4.78 is 0. The third kappa shape index (κ3) is 2.19. The predicted molar refractivity (Wildman–Crippen MR) is 46.7 cm³/mol. The van der Waals surface area contributed by atoms with Crippen LogP contribution >= 0.6 is 0 Å². The lowest BCUT2D eigenvalue weighted by molar-refractivity contribution is 0.316. The molecule has 68 valence electrons. The fraction of sp³-hybridized carbons (Fsp3) is 0. The Morgan fingerprint density at radius 1 is 1.15 bits per heavy atom. The number of rotatable bonds is 2. The second-order valence-corrected chi connectivity index (χ2v) is 2.28. The maximum Gasteiger partial charge on any atom is 0.131 e. The maximum atomic E-state index is 8.96. The summed E-state index contributed by atoms with van der Waals surface area (Å²) in [5.74, 6) is 0.113. The Morgan fingerprint density at radius 2 is 1.77 bits per heavy atom. The lowest BCUT2D eigenvalue weighted by atomic mass is 10.1. The highest BCUT2D eigenvalue weighted by molar-refractivity contribution is 6.37. The second-order valence-electron chi connectivity index (χ2n) is 2.28. The first-order valence-electron chi connectivity index (χ1n) is 3.47. The number of phenols is 1. The smallest absolute Gasteiger partial charge is 0.131 e. The molecule has 0 aliphatic carbocycles. The highest BCUT2D eigenvalue weighted by Gasteiger charge is 2.00. The molecule has 13 heavy (non-hydrogen) atoms. The Kier molecular flexibility index (Phi) is 2.86. The van der Waals surface area contributed by atoms with Crippen molar-refractivity contribution < 1.29 is 15.5 Å². The van der Waals surface area contributed by atoms with Crippen LogP contribution in [0.3, 0.4) is 0 Å². The number of aromatic hydroxyl groups is 1. The van der Waals surface area contributed by atoms with Gasteiger partial charge in [0.15, 0.2) is 0 Å². The quantitative estimate of drug-likeness (QED) is 0.361. The molecule has 0 amide bonds. The fourth-order valence-corrected chi connectivity index (χ4v) is 0.845. The molecule has 1 aromatic carbocycles. The first-order valence-corrected chi connectivity index (χ1v) is 3.47. The van der Waals surface area contributed by atoms with Gasteiger partial charge in [-0.3, -0.25) is 0 Å². The molecule has 0 saturated heterocycles. The summed E-state index contributed by atoms with van der Waals surface area (Å²) in [5, 5.41) is 31.3. The van der Waals surface area contributed by atoms with Gasteiger partial charge in [-0.15, -0.1) is 0 Å². The molecule has 1 aromatic rings. The molecular weight excluding hydrogens is 172 g/mol. The summed E-state index contributed by atoms with van der Waals surface area (Å²) in [6.45, 7) is 0. The summed E-state index contributed by atoms with van der Waals surface area (Å²) in [4.78, 5) is 0. The van der Waals surface area contributed by atoms with Crippen molar-refractivity contribution in [1.82, 2.24) is 0 Å². The van der Waals surface area contributed by atoms with Crippen LogP contribution in [0.4, 0.5) is 0 Å². The van der Waals surface area contributed by atoms with Crippen LogP contribution in [0.5, 0.6) is 5.75 Å². The van der Waals surface area contributed by atoms with E-state index in [1.165, 1.54) is 24.3 Å². The van der Waals surface area contributed by atoms with E-state index in [9.17, 15) is 0 Å². The number of benzene rings is 1. The van der Waals surface area contributed by atoms with Crippen LogP contribution in [0.2, 0.25) is 0 Å². The number of oxime groups is 2. The van der Waals surface area contributed by atoms with Gasteiger partial charge in [0.2, 0.25) is 0 Å². The molecule has 0 aromatic heterocycles. The molecule has 5 nitrogen and oxygen atoms in total. The van der Waals surface area contributed by atoms with Crippen molar-refractivity contribution in [2.24, 2.45) is 10.3 Å². The molecule has 0 unspecified atom stereocenters. The van der Waals surface area contributed by atoms with Gasteiger partial charge in [-0.2, -0.15) is 0 Å². The molecule has 0 fully saturated rings. The maximum absolute atomic E-state index is 8.96. The summed E-state index contributed by atoms with van der Waals surface area (Å²) >= 11 is 0. The minimum atomic E-state index is 0.113. The van der Waals surface area contributed by atoms with E-state index in [0.717, 1.165) is 6.21 Å². The number of phenolic OH excluding ortho intramolecular Hbond substituents is 1.